The van der Waals surface area contributed by atoms with Gasteiger partial charge in [0, 0.05) is 34.3 Å². The Hall–Kier alpha value is -1.02. The number of halogens is 2. The zero-order valence-electron chi connectivity index (χ0n) is 7.95. The lowest BCUT2D eigenvalue weighted by Crippen LogP contribution is -2.70. The van der Waals surface area contributed by atoms with E-state index in [-0.39, 0.29) is 0 Å². The first-order valence-electron chi connectivity index (χ1n) is 4.60. The summed E-state index contributed by atoms with van der Waals surface area (Å²) in [7, 11) is 0. The van der Waals surface area contributed by atoms with Crippen molar-refractivity contribution in [1.29, 1.82) is 0 Å². The minimum atomic E-state index is 0.753. The van der Waals surface area contributed by atoms with Crippen LogP contribution in [-0.4, -0.2) is 0 Å². The van der Waals surface area contributed by atoms with Gasteiger partial charge >= 0.3 is 0 Å². The zero-order chi connectivity index (χ0) is 10.7. The predicted molar refractivity (Wildman–Crippen MR) is 64.1 cm³/mol. The minimum Gasteiger partial charge on any atom is -0.282 e. The smallest absolute Gasteiger partial charge is 0.134 e. The van der Waals surface area contributed by atoms with Gasteiger partial charge in [-0.2, -0.15) is 0 Å². The zero-order valence-corrected chi connectivity index (χ0v) is 9.46. The molecule has 0 spiro atoms. The SMILES string of the molecule is Clc1ccc([NH2+]c2ccc(Cl)cc2)cc1. The Morgan fingerprint density at radius 3 is 1.27 bits per heavy atom. The van der Waals surface area contributed by atoms with Gasteiger partial charge in [-0.15, -0.1) is 0 Å². The Morgan fingerprint density at radius 1 is 0.600 bits per heavy atom. The molecule has 0 saturated carbocycles. The third kappa shape index (κ3) is 2.96. The van der Waals surface area contributed by atoms with E-state index in [1.54, 1.807) is 0 Å². The molecule has 2 N–H and O–H groups in total. The maximum atomic E-state index is 5.80. The monoisotopic (exact) mass is 238 g/mol. The largest absolute Gasteiger partial charge is 0.282 e. The van der Waals surface area contributed by atoms with Gasteiger partial charge in [-0.3, -0.25) is 5.32 Å². The third-order valence-electron chi connectivity index (χ3n) is 2.07. The summed E-state index contributed by atoms with van der Waals surface area (Å²) in [5, 5.41) is 3.58. The lowest BCUT2D eigenvalue weighted by atomic mass is 10.3. The van der Waals surface area contributed by atoms with Crippen molar-refractivity contribution in [3.05, 3.63) is 58.6 Å². The summed E-state index contributed by atoms with van der Waals surface area (Å²) >= 11 is 11.6. The van der Waals surface area contributed by atoms with E-state index in [2.05, 4.69) is 5.32 Å². The Kier molecular flexibility index (Phi) is 3.27. The van der Waals surface area contributed by atoms with Crippen molar-refractivity contribution in [2.45, 2.75) is 0 Å². The van der Waals surface area contributed by atoms with Crippen molar-refractivity contribution in [2.24, 2.45) is 0 Å². The Balaban J connectivity index is 2.15. The van der Waals surface area contributed by atoms with Gasteiger partial charge in [-0.25, -0.2) is 0 Å². The van der Waals surface area contributed by atoms with E-state index < -0.39 is 0 Å². The molecule has 0 heterocycles. The molecule has 3 heteroatoms. The molecular weight excluding hydrogens is 229 g/mol. The summed E-state index contributed by atoms with van der Waals surface area (Å²) in [5.74, 6) is 0. The summed E-state index contributed by atoms with van der Waals surface area (Å²) in [6.45, 7) is 0. The van der Waals surface area contributed by atoms with E-state index in [9.17, 15) is 0 Å². The van der Waals surface area contributed by atoms with Crippen LogP contribution in [0.1, 0.15) is 0 Å². The van der Waals surface area contributed by atoms with Crippen LogP contribution in [0.2, 0.25) is 10.0 Å². The Labute approximate surface area is 98.6 Å². The van der Waals surface area contributed by atoms with Gasteiger partial charge in [-0.05, 0) is 24.3 Å². The highest BCUT2D eigenvalue weighted by Crippen LogP contribution is 2.13. The molecule has 0 aliphatic heterocycles. The second-order valence-electron chi connectivity index (χ2n) is 3.25. The fourth-order valence-corrected chi connectivity index (χ4v) is 1.56. The molecule has 0 aliphatic carbocycles. The van der Waals surface area contributed by atoms with Gasteiger partial charge in [0.25, 0.3) is 0 Å². The number of hydrogen-bond donors (Lipinski definition) is 1. The predicted octanol–water partition coefficient (Wildman–Crippen LogP) is 3.52. The summed E-state index contributed by atoms with van der Waals surface area (Å²) in [5.41, 5.74) is 2.25. The lowest BCUT2D eigenvalue weighted by Gasteiger charge is -2.00. The van der Waals surface area contributed by atoms with Crippen LogP contribution < -0.4 is 5.32 Å². The topological polar surface area (TPSA) is 16.6 Å². The molecule has 0 bridgehead atoms. The Morgan fingerprint density at radius 2 is 0.933 bits per heavy atom. The standard InChI is InChI=1S/C12H9Cl2N/c13-9-1-5-11(6-2-9)15-12-7-3-10(14)4-8-12/h1-8,15H/p+1. The van der Waals surface area contributed by atoms with Crippen LogP contribution in [0.15, 0.2) is 48.5 Å². The summed E-state index contributed by atoms with van der Waals surface area (Å²) in [6.07, 6.45) is 0. The normalized spacial score (nSPS) is 10.3. The average Bonchev–Trinajstić information content (AvgIpc) is 2.25. The van der Waals surface area contributed by atoms with Gasteiger partial charge in [0.05, 0.1) is 0 Å². The van der Waals surface area contributed by atoms with Crippen molar-refractivity contribution in [3.63, 3.8) is 0 Å². The van der Waals surface area contributed by atoms with Gasteiger partial charge in [0.1, 0.15) is 11.4 Å². The molecule has 0 atom stereocenters. The van der Waals surface area contributed by atoms with E-state index in [0.717, 1.165) is 21.4 Å². The van der Waals surface area contributed by atoms with Crippen molar-refractivity contribution in [3.8, 4) is 0 Å². The average molecular weight is 239 g/mol. The van der Waals surface area contributed by atoms with Gasteiger partial charge in [0.2, 0.25) is 0 Å². The first kappa shape index (κ1) is 10.5. The van der Waals surface area contributed by atoms with Crippen LogP contribution >= 0.6 is 23.2 Å². The van der Waals surface area contributed by atoms with Crippen LogP contribution in [0.25, 0.3) is 0 Å². The van der Waals surface area contributed by atoms with Gasteiger partial charge in [0.15, 0.2) is 0 Å². The third-order valence-corrected chi connectivity index (χ3v) is 2.58. The van der Waals surface area contributed by atoms with E-state index in [1.807, 2.05) is 48.5 Å². The molecule has 0 saturated heterocycles. The second kappa shape index (κ2) is 4.67. The van der Waals surface area contributed by atoms with Crippen molar-refractivity contribution in [1.82, 2.24) is 0 Å². The molecule has 1 nitrogen and oxygen atoms in total. The molecule has 0 radical (unpaired) electrons. The molecule has 2 rings (SSSR count). The van der Waals surface area contributed by atoms with Crippen molar-refractivity contribution < 1.29 is 5.32 Å². The van der Waals surface area contributed by atoms with Crippen molar-refractivity contribution >= 4 is 34.6 Å². The molecule has 0 aliphatic rings. The van der Waals surface area contributed by atoms with Crippen LogP contribution in [0, 0.1) is 0 Å². The number of hydrogen-bond acceptors (Lipinski definition) is 0. The summed E-state index contributed by atoms with van der Waals surface area (Å²) in [4.78, 5) is 0. The van der Waals surface area contributed by atoms with E-state index in [4.69, 9.17) is 23.2 Å². The number of nitrogens with two attached hydrogens (primary N) is 1. The fraction of sp³-hybridized carbons (Fsp3) is 0. The molecule has 0 fully saturated rings. The quantitative estimate of drug-likeness (QED) is 0.772. The van der Waals surface area contributed by atoms with Crippen molar-refractivity contribution in [2.75, 3.05) is 0 Å². The lowest BCUT2D eigenvalue weighted by molar-refractivity contribution is -0.478. The van der Waals surface area contributed by atoms with Crippen LogP contribution in [-0.2, 0) is 0 Å². The maximum absolute atomic E-state index is 5.80. The Bertz CT molecular complexity index is 391. The van der Waals surface area contributed by atoms with E-state index in [0.29, 0.717) is 0 Å². The van der Waals surface area contributed by atoms with Gasteiger partial charge in [-0.1, -0.05) is 23.2 Å². The first-order chi connectivity index (χ1) is 7.24. The molecular formula is C12H10Cl2N+. The number of benzene rings is 2. The van der Waals surface area contributed by atoms with Crippen LogP contribution in [0.3, 0.4) is 0 Å². The molecule has 0 amide bonds. The highest BCUT2D eigenvalue weighted by atomic mass is 35.5. The highest BCUT2D eigenvalue weighted by Gasteiger charge is 1.99. The van der Waals surface area contributed by atoms with E-state index >= 15 is 0 Å². The molecule has 2 aromatic carbocycles. The molecule has 15 heavy (non-hydrogen) atoms. The highest BCUT2D eigenvalue weighted by molar-refractivity contribution is 6.30. The van der Waals surface area contributed by atoms with Crippen LogP contribution in [0.4, 0.5) is 11.4 Å². The first-order valence-corrected chi connectivity index (χ1v) is 5.35. The number of rotatable bonds is 2. The second-order valence-corrected chi connectivity index (χ2v) is 4.12. The molecule has 2 aromatic rings. The maximum Gasteiger partial charge on any atom is 0.134 e. The minimum absolute atomic E-state index is 0.753. The summed E-state index contributed by atoms with van der Waals surface area (Å²) in [6, 6.07) is 15.4. The molecule has 0 unspecified atom stereocenters. The molecule has 76 valence electrons. The fourth-order valence-electron chi connectivity index (χ4n) is 1.31. The number of quaternary nitrogens is 1. The van der Waals surface area contributed by atoms with Gasteiger partial charge < -0.3 is 0 Å². The van der Waals surface area contributed by atoms with E-state index in [1.165, 1.54) is 0 Å². The van der Waals surface area contributed by atoms with Crippen LogP contribution in [0.5, 0.6) is 0 Å². The molecule has 0 aromatic heterocycles. The summed E-state index contributed by atoms with van der Waals surface area (Å²) < 4.78 is 0.